The topological polar surface area (TPSA) is 27.0 Å². The van der Waals surface area contributed by atoms with Crippen molar-refractivity contribution in [2.45, 2.75) is 26.3 Å². The van der Waals surface area contributed by atoms with Gasteiger partial charge in [-0.05, 0) is 47.5 Å². The van der Waals surface area contributed by atoms with Crippen LogP contribution in [0.3, 0.4) is 0 Å². The smallest absolute Gasteiger partial charge is 0.0992 e. The highest BCUT2D eigenvalue weighted by Gasteiger charge is 2.11. The summed E-state index contributed by atoms with van der Waals surface area (Å²) < 4.78 is 0.976. The molecule has 80 valence electrons. The zero-order valence-corrected chi connectivity index (χ0v) is 10.9. The van der Waals surface area contributed by atoms with Crippen LogP contribution in [0, 0.1) is 11.3 Å². The van der Waals surface area contributed by atoms with Gasteiger partial charge in [-0.1, -0.05) is 6.92 Å². The minimum absolute atomic E-state index is 0.495. The molecule has 0 aliphatic carbocycles. The predicted octanol–water partition coefficient (Wildman–Crippen LogP) is 3.56. The molecule has 2 nitrogen and oxygen atoms in total. The number of rotatable bonds is 3. The minimum Gasteiger partial charge on any atom is -0.371 e. The van der Waals surface area contributed by atoms with Gasteiger partial charge in [0, 0.05) is 17.6 Å². The largest absolute Gasteiger partial charge is 0.371 e. The maximum absolute atomic E-state index is 8.76. The molecule has 0 heterocycles. The quantitative estimate of drug-likeness (QED) is 0.837. The second-order valence-electron chi connectivity index (χ2n) is 3.65. The number of halogens is 1. The van der Waals surface area contributed by atoms with Crippen molar-refractivity contribution in [3.63, 3.8) is 0 Å². The fourth-order valence-electron chi connectivity index (χ4n) is 1.37. The lowest BCUT2D eigenvalue weighted by molar-refractivity contribution is 0.663. The lowest BCUT2D eigenvalue weighted by Gasteiger charge is -2.27. The molecule has 1 aromatic carbocycles. The van der Waals surface area contributed by atoms with Crippen LogP contribution in [-0.4, -0.2) is 13.1 Å². The second-order valence-corrected chi connectivity index (χ2v) is 4.50. The van der Waals surface area contributed by atoms with Gasteiger partial charge in [0.05, 0.1) is 17.3 Å². The van der Waals surface area contributed by atoms with E-state index in [1.54, 1.807) is 0 Å². The van der Waals surface area contributed by atoms with Crippen molar-refractivity contribution in [1.82, 2.24) is 0 Å². The van der Waals surface area contributed by atoms with Crippen molar-refractivity contribution in [2.24, 2.45) is 0 Å². The van der Waals surface area contributed by atoms with Crippen LogP contribution in [0.5, 0.6) is 0 Å². The van der Waals surface area contributed by atoms with Crippen molar-refractivity contribution in [3.05, 3.63) is 28.2 Å². The summed E-state index contributed by atoms with van der Waals surface area (Å²) >= 11 is 3.49. The lowest BCUT2D eigenvalue weighted by Crippen LogP contribution is -2.28. The number of hydrogen-bond acceptors (Lipinski definition) is 2. The summed E-state index contributed by atoms with van der Waals surface area (Å²) in [6.07, 6.45) is 1.10. The summed E-state index contributed by atoms with van der Waals surface area (Å²) in [5, 5.41) is 8.76. The molecule has 0 saturated carbocycles. The summed E-state index contributed by atoms with van der Waals surface area (Å²) in [7, 11) is 2.07. The number of benzene rings is 1. The Kier molecular flexibility index (Phi) is 4.16. The Balaban J connectivity index is 3.01. The number of nitrogens with zero attached hydrogens (tertiary/aromatic N) is 2. The average molecular weight is 267 g/mol. The van der Waals surface area contributed by atoms with Crippen molar-refractivity contribution in [3.8, 4) is 6.07 Å². The van der Waals surface area contributed by atoms with Gasteiger partial charge in [0.15, 0.2) is 0 Å². The van der Waals surface area contributed by atoms with E-state index in [-0.39, 0.29) is 0 Å². The monoisotopic (exact) mass is 266 g/mol. The van der Waals surface area contributed by atoms with Gasteiger partial charge in [-0.2, -0.15) is 5.26 Å². The molecule has 0 N–H and O–H groups in total. The van der Waals surface area contributed by atoms with Gasteiger partial charge in [-0.3, -0.25) is 0 Å². The third-order valence-electron chi connectivity index (χ3n) is 2.71. The van der Waals surface area contributed by atoms with E-state index in [2.05, 4.69) is 47.8 Å². The summed E-state index contributed by atoms with van der Waals surface area (Å²) in [6.45, 7) is 4.35. The van der Waals surface area contributed by atoms with E-state index in [0.29, 0.717) is 11.6 Å². The molecule has 0 fully saturated rings. The van der Waals surface area contributed by atoms with E-state index in [4.69, 9.17) is 5.26 Å². The van der Waals surface area contributed by atoms with Gasteiger partial charge in [0.2, 0.25) is 0 Å². The van der Waals surface area contributed by atoms with E-state index in [9.17, 15) is 0 Å². The SMILES string of the molecule is CCC(C)N(C)c1ccc(C#N)cc1Br. The number of anilines is 1. The van der Waals surface area contributed by atoms with Crippen LogP contribution in [0.25, 0.3) is 0 Å². The van der Waals surface area contributed by atoms with E-state index < -0.39 is 0 Å². The molecule has 0 radical (unpaired) electrons. The molecule has 0 spiro atoms. The molecule has 15 heavy (non-hydrogen) atoms. The number of hydrogen-bond donors (Lipinski definition) is 0. The van der Waals surface area contributed by atoms with Crippen LogP contribution >= 0.6 is 15.9 Å². The molecule has 0 aliphatic rings. The highest BCUT2D eigenvalue weighted by Crippen LogP contribution is 2.28. The molecule has 1 atom stereocenters. The predicted molar refractivity (Wildman–Crippen MR) is 67.0 cm³/mol. The van der Waals surface area contributed by atoms with E-state index in [1.165, 1.54) is 0 Å². The second kappa shape index (κ2) is 5.18. The van der Waals surface area contributed by atoms with Crippen molar-refractivity contribution in [1.29, 1.82) is 5.26 Å². The molecule has 0 amide bonds. The third kappa shape index (κ3) is 2.73. The van der Waals surface area contributed by atoms with Gasteiger partial charge in [-0.15, -0.1) is 0 Å². The molecule has 1 rings (SSSR count). The Morgan fingerprint density at radius 3 is 2.67 bits per heavy atom. The Labute approximate surface area is 99.6 Å². The fourth-order valence-corrected chi connectivity index (χ4v) is 2.03. The van der Waals surface area contributed by atoms with Crippen LogP contribution in [0.4, 0.5) is 5.69 Å². The van der Waals surface area contributed by atoms with E-state index >= 15 is 0 Å². The van der Waals surface area contributed by atoms with Gasteiger partial charge in [-0.25, -0.2) is 0 Å². The first-order chi connectivity index (χ1) is 7.10. The molecule has 3 heteroatoms. The van der Waals surface area contributed by atoms with Crippen molar-refractivity contribution < 1.29 is 0 Å². The Morgan fingerprint density at radius 2 is 2.20 bits per heavy atom. The van der Waals surface area contributed by atoms with Gasteiger partial charge < -0.3 is 4.90 Å². The fraction of sp³-hybridized carbons (Fsp3) is 0.417. The van der Waals surface area contributed by atoms with Crippen LogP contribution in [0.2, 0.25) is 0 Å². The Morgan fingerprint density at radius 1 is 1.53 bits per heavy atom. The van der Waals surface area contributed by atoms with Gasteiger partial charge in [0.1, 0.15) is 0 Å². The third-order valence-corrected chi connectivity index (χ3v) is 3.34. The van der Waals surface area contributed by atoms with Gasteiger partial charge in [0.25, 0.3) is 0 Å². The van der Waals surface area contributed by atoms with Crippen molar-refractivity contribution >= 4 is 21.6 Å². The van der Waals surface area contributed by atoms with E-state index in [0.717, 1.165) is 16.6 Å². The molecule has 0 aliphatic heterocycles. The molecule has 1 aromatic rings. The van der Waals surface area contributed by atoms with Crippen LogP contribution in [0.1, 0.15) is 25.8 Å². The summed E-state index contributed by atoms with van der Waals surface area (Å²) in [4.78, 5) is 2.21. The first-order valence-electron chi connectivity index (χ1n) is 5.02. The number of nitriles is 1. The molecule has 0 bridgehead atoms. The first-order valence-corrected chi connectivity index (χ1v) is 5.82. The molecule has 0 saturated heterocycles. The maximum atomic E-state index is 8.76. The highest BCUT2D eigenvalue weighted by atomic mass is 79.9. The zero-order valence-electron chi connectivity index (χ0n) is 9.29. The Hall–Kier alpha value is -1.01. The maximum Gasteiger partial charge on any atom is 0.0992 e. The molecular formula is C12H15BrN2. The summed E-state index contributed by atoms with van der Waals surface area (Å²) in [5.74, 6) is 0. The molecule has 0 aromatic heterocycles. The van der Waals surface area contributed by atoms with Crippen LogP contribution < -0.4 is 4.90 Å². The average Bonchev–Trinajstić information content (AvgIpc) is 2.26. The normalized spacial score (nSPS) is 11.9. The summed E-state index contributed by atoms with van der Waals surface area (Å²) in [6, 6.07) is 8.31. The Bertz CT molecular complexity index is 382. The van der Waals surface area contributed by atoms with Gasteiger partial charge >= 0.3 is 0 Å². The lowest BCUT2D eigenvalue weighted by atomic mass is 10.1. The highest BCUT2D eigenvalue weighted by molar-refractivity contribution is 9.10. The van der Waals surface area contributed by atoms with E-state index in [1.807, 2.05) is 18.2 Å². The zero-order chi connectivity index (χ0) is 11.4. The molecular weight excluding hydrogens is 252 g/mol. The van der Waals surface area contributed by atoms with Crippen LogP contribution in [0.15, 0.2) is 22.7 Å². The van der Waals surface area contributed by atoms with Crippen LogP contribution in [-0.2, 0) is 0 Å². The van der Waals surface area contributed by atoms with Crippen molar-refractivity contribution in [2.75, 3.05) is 11.9 Å². The minimum atomic E-state index is 0.495. The molecule has 1 unspecified atom stereocenters. The first kappa shape index (κ1) is 12.1. The standard InChI is InChI=1S/C12H15BrN2/c1-4-9(2)15(3)12-6-5-10(8-14)7-11(12)13/h5-7,9H,4H2,1-3H3. The summed E-state index contributed by atoms with van der Waals surface area (Å²) in [5.41, 5.74) is 1.81.